The van der Waals surface area contributed by atoms with Gasteiger partial charge >= 0.3 is 17.9 Å². The fourth-order valence-corrected chi connectivity index (χ4v) is 9.57. The van der Waals surface area contributed by atoms with Crippen molar-refractivity contribution >= 4 is 17.9 Å². The van der Waals surface area contributed by atoms with Crippen LogP contribution >= 0.6 is 0 Å². The van der Waals surface area contributed by atoms with Crippen molar-refractivity contribution in [3.63, 3.8) is 0 Å². The first-order valence-corrected chi connectivity index (χ1v) is 32.7. The molecule has 0 heterocycles. The minimum atomic E-state index is -1.51. The van der Waals surface area contributed by atoms with Gasteiger partial charge in [0.2, 0.25) is 0 Å². The summed E-state index contributed by atoms with van der Waals surface area (Å²) in [5, 5.41) is 9.71. The number of carbonyl (C=O) groups excluding carboxylic acids is 2. The topological polar surface area (TPSA) is 108 Å². The van der Waals surface area contributed by atoms with E-state index in [0.29, 0.717) is 23.9 Å². The fourth-order valence-electron chi connectivity index (χ4n) is 9.57. The fraction of sp³-hybridized carbons (Fsp3) is 0.866. The molecule has 9 nitrogen and oxygen atoms in total. The van der Waals surface area contributed by atoms with Crippen LogP contribution in [0.15, 0.2) is 36.5 Å². The predicted molar refractivity (Wildman–Crippen MR) is 323 cm³/mol. The average molecular weight is 1070 g/mol. The number of hydrogen-bond donors (Lipinski definition) is 1. The lowest BCUT2D eigenvalue weighted by molar-refractivity contribution is -0.870. The molecule has 0 rings (SSSR count). The number of esters is 2. The summed E-state index contributed by atoms with van der Waals surface area (Å²) in [6, 6.07) is 0. The van der Waals surface area contributed by atoms with Crippen molar-refractivity contribution in [3.8, 4) is 0 Å². The van der Waals surface area contributed by atoms with E-state index in [0.717, 1.165) is 57.8 Å². The molecule has 0 aliphatic heterocycles. The molecule has 0 aromatic carbocycles. The Morgan fingerprint density at radius 3 is 1.07 bits per heavy atom. The number of quaternary nitrogens is 1. The molecular weight excluding hydrogens is 947 g/mol. The van der Waals surface area contributed by atoms with Crippen LogP contribution < -0.4 is 0 Å². The standard InChI is InChI=1S/C67H125NO8/c1-6-8-10-12-14-16-18-20-22-24-25-26-27-28-29-30-31-32-33-34-35-36-37-38-39-40-41-42-44-45-47-49-51-53-55-57-64(69)74-61-63(62-75-67(66(71)72)73-60-59-68(3,4)5)76-65(70)58-56-54-52-50-48-46-43-23-21-19-17-15-13-11-9-7-2/h17,19,23-25,43,63,67H,6-16,18,20-22,26-42,44-62H2,1-5H3/p+1/b19-17-,25-24-,43-23-. The first-order chi connectivity index (χ1) is 37.1. The Morgan fingerprint density at radius 1 is 0.395 bits per heavy atom. The van der Waals surface area contributed by atoms with Crippen LogP contribution in [0, 0.1) is 0 Å². The largest absolute Gasteiger partial charge is 0.477 e. The molecule has 0 aromatic rings. The zero-order chi connectivity index (χ0) is 55.5. The van der Waals surface area contributed by atoms with Crippen LogP contribution in [-0.4, -0.2) is 87.4 Å². The van der Waals surface area contributed by atoms with E-state index in [-0.39, 0.29) is 32.2 Å². The molecule has 446 valence electrons. The number of hydrogen-bond acceptors (Lipinski definition) is 7. The Hall–Kier alpha value is -2.49. The lowest BCUT2D eigenvalue weighted by Gasteiger charge is -2.25. The summed E-state index contributed by atoms with van der Waals surface area (Å²) in [4.78, 5) is 37.4. The second-order valence-electron chi connectivity index (χ2n) is 23.4. The van der Waals surface area contributed by atoms with Gasteiger partial charge in [0.15, 0.2) is 6.10 Å². The molecule has 2 unspecified atom stereocenters. The number of likely N-dealkylation sites (N-methyl/N-ethyl adjacent to an activating group) is 1. The summed E-state index contributed by atoms with van der Waals surface area (Å²) < 4.78 is 22.9. The number of allylic oxidation sites excluding steroid dienone is 6. The average Bonchev–Trinajstić information content (AvgIpc) is 3.39. The summed E-state index contributed by atoms with van der Waals surface area (Å²) in [7, 11) is 5.97. The monoisotopic (exact) mass is 1070 g/mol. The van der Waals surface area contributed by atoms with Crippen molar-refractivity contribution in [1.82, 2.24) is 0 Å². The number of aliphatic carboxylic acids is 1. The van der Waals surface area contributed by atoms with E-state index < -0.39 is 24.3 Å². The summed E-state index contributed by atoms with van der Waals surface area (Å²) in [6.45, 7) is 4.88. The summed E-state index contributed by atoms with van der Waals surface area (Å²) >= 11 is 0. The van der Waals surface area contributed by atoms with Gasteiger partial charge in [-0.25, -0.2) is 4.79 Å². The van der Waals surface area contributed by atoms with Gasteiger partial charge in [-0.2, -0.15) is 0 Å². The van der Waals surface area contributed by atoms with E-state index >= 15 is 0 Å². The second-order valence-corrected chi connectivity index (χ2v) is 23.4. The van der Waals surface area contributed by atoms with Crippen molar-refractivity contribution in [3.05, 3.63) is 36.5 Å². The second kappa shape index (κ2) is 58.7. The van der Waals surface area contributed by atoms with E-state index in [1.807, 2.05) is 21.1 Å². The third-order valence-corrected chi connectivity index (χ3v) is 14.6. The van der Waals surface area contributed by atoms with Gasteiger partial charge in [-0.15, -0.1) is 0 Å². The number of carboxylic acid groups (broad SMARTS) is 1. The Bertz CT molecular complexity index is 1340. The maximum Gasteiger partial charge on any atom is 0.361 e. The van der Waals surface area contributed by atoms with Crippen LogP contribution in [0.5, 0.6) is 0 Å². The molecule has 0 bridgehead atoms. The first kappa shape index (κ1) is 73.5. The molecule has 0 fully saturated rings. The van der Waals surface area contributed by atoms with Gasteiger partial charge in [0.05, 0.1) is 34.4 Å². The molecule has 0 radical (unpaired) electrons. The van der Waals surface area contributed by atoms with Crippen LogP contribution in [0.25, 0.3) is 0 Å². The lowest BCUT2D eigenvalue weighted by Crippen LogP contribution is -2.40. The van der Waals surface area contributed by atoms with Gasteiger partial charge in [0.25, 0.3) is 6.29 Å². The normalized spacial score (nSPS) is 12.9. The number of carbonyl (C=O) groups is 3. The molecule has 76 heavy (non-hydrogen) atoms. The molecule has 2 atom stereocenters. The van der Waals surface area contributed by atoms with E-state index in [4.69, 9.17) is 18.9 Å². The summed E-state index contributed by atoms with van der Waals surface area (Å²) in [5.41, 5.74) is 0. The molecule has 9 heteroatoms. The number of nitrogens with zero attached hydrogens (tertiary/aromatic N) is 1. The Morgan fingerprint density at radius 2 is 0.711 bits per heavy atom. The highest BCUT2D eigenvalue weighted by Gasteiger charge is 2.25. The highest BCUT2D eigenvalue weighted by atomic mass is 16.7. The smallest absolute Gasteiger partial charge is 0.361 e. The number of unbranched alkanes of at least 4 members (excludes halogenated alkanes) is 40. The molecule has 0 amide bonds. The van der Waals surface area contributed by atoms with Gasteiger partial charge in [-0.05, 0) is 70.6 Å². The van der Waals surface area contributed by atoms with Gasteiger partial charge in [0.1, 0.15) is 13.2 Å². The minimum absolute atomic E-state index is 0.184. The van der Waals surface area contributed by atoms with E-state index in [1.165, 1.54) is 225 Å². The molecule has 0 saturated heterocycles. The third kappa shape index (κ3) is 59.2. The van der Waals surface area contributed by atoms with Crippen molar-refractivity contribution < 1.29 is 42.9 Å². The van der Waals surface area contributed by atoms with Crippen LogP contribution in [0.4, 0.5) is 0 Å². The SMILES string of the molecule is CCCCCC/C=C\C/C=C\CCCCCCCC(=O)OC(COC(=O)CCCCCCCCCCCCCCCCCCCCCCCCC/C=C\CCCCCCCCCC)COC(OCC[N+](C)(C)C)C(=O)O. The predicted octanol–water partition coefficient (Wildman–Crippen LogP) is 19.6. The molecule has 1 N–H and O–H groups in total. The van der Waals surface area contributed by atoms with Crippen LogP contribution in [-0.2, 0) is 33.3 Å². The molecule has 0 aliphatic carbocycles. The Balaban J connectivity index is 4.00. The molecular formula is C67H126NO8+. The quantitative estimate of drug-likeness (QED) is 0.0211. The Kier molecular flexibility index (Phi) is 56.7. The third-order valence-electron chi connectivity index (χ3n) is 14.6. The molecule has 0 aliphatic rings. The Labute approximate surface area is 470 Å². The molecule has 0 spiro atoms. The highest BCUT2D eigenvalue weighted by Crippen LogP contribution is 2.18. The van der Waals surface area contributed by atoms with Crippen LogP contribution in [0.2, 0.25) is 0 Å². The summed E-state index contributed by atoms with van der Waals surface area (Å²) in [5.74, 6) is -2.01. The van der Waals surface area contributed by atoms with Gasteiger partial charge < -0.3 is 28.5 Å². The van der Waals surface area contributed by atoms with E-state index in [9.17, 15) is 19.5 Å². The number of rotatable bonds is 61. The minimum Gasteiger partial charge on any atom is -0.477 e. The highest BCUT2D eigenvalue weighted by molar-refractivity contribution is 5.71. The van der Waals surface area contributed by atoms with Crippen molar-refractivity contribution in [2.75, 3.05) is 47.5 Å². The van der Waals surface area contributed by atoms with Crippen LogP contribution in [0.3, 0.4) is 0 Å². The van der Waals surface area contributed by atoms with Gasteiger partial charge in [-0.1, -0.05) is 269 Å². The maximum atomic E-state index is 12.9. The van der Waals surface area contributed by atoms with Gasteiger partial charge in [-0.3, -0.25) is 9.59 Å². The van der Waals surface area contributed by atoms with Crippen molar-refractivity contribution in [2.24, 2.45) is 0 Å². The first-order valence-electron chi connectivity index (χ1n) is 32.7. The zero-order valence-electron chi connectivity index (χ0n) is 50.9. The van der Waals surface area contributed by atoms with Crippen molar-refractivity contribution in [2.45, 2.75) is 328 Å². The van der Waals surface area contributed by atoms with E-state index in [1.54, 1.807) is 0 Å². The number of ether oxygens (including phenoxy) is 4. The van der Waals surface area contributed by atoms with Crippen LogP contribution in [0.1, 0.15) is 316 Å². The van der Waals surface area contributed by atoms with Crippen molar-refractivity contribution in [1.29, 1.82) is 0 Å². The van der Waals surface area contributed by atoms with E-state index in [2.05, 4.69) is 50.3 Å². The zero-order valence-corrected chi connectivity index (χ0v) is 50.9. The van der Waals surface area contributed by atoms with Gasteiger partial charge in [0, 0.05) is 12.8 Å². The summed E-state index contributed by atoms with van der Waals surface area (Å²) in [6.07, 6.45) is 69.8. The molecule has 0 aromatic heterocycles. The number of carboxylic acids is 1. The lowest BCUT2D eigenvalue weighted by atomic mass is 10.0. The maximum absolute atomic E-state index is 12.9. The molecule has 0 saturated carbocycles.